The van der Waals surface area contributed by atoms with Gasteiger partial charge in [0, 0.05) is 50.4 Å². The van der Waals surface area contributed by atoms with E-state index in [9.17, 15) is 14.0 Å². The molecule has 6 nitrogen and oxygen atoms in total. The molecule has 39 heavy (non-hydrogen) atoms. The number of carbonyl (C=O) groups is 2. The number of nitrogens with zero attached hydrogens (tertiary/aromatic N) is 3. The number of hydrogen-bond acceptors (Lipinski definition) is 4. The van der Waals surface area contributed by atoms with E-state index in [4.69, 9.17) is 27.9 Å². The third kappa shape index (κ3) is 6.21. The topological polar surface area (TPSA) is 53.1 Å². The van der Waals surface area contributed by atoms with E-state index in [-0.39, 0.29) is 36.0 Å². The standard InChI is InChI=1S/C30H30Cl2FN3O3/c1-34(29(37)16-20-2-7-23(33)8-3-20)28-19-36(18-25(28)22-6-11-26(31)27(32)17-22)30(38)21-4-9-24(10-5-21)35-12-14-39-15-13-35/h2-11,17,25,28H,12-16,18-19H2,1H3/t25-,28+/m1/s1. The van der Waals surface area contributed by atoms with Crippen LogP contribution in [0.1, 0.15) is 27.4 Å². The molecule has 2 atom stereocenters. The van der Waals surface area contributed by atoms with Crippen LogP contribution in [0.15, 0.2) is 66.7 Å². The quantitative estimate of drug-likeness (QED) is 0.405. The number of likely N-dealkylation sites (tertiary alicyclic amines) is 1. The van der Waals surface area contributed by atoms with Crippen molar-refractivity contribution in [1.82, 2.24) is 9.80 Å². The zero-order chi connectivity index (χ0) is 27.5. The zero-order valence-electron chi connectivity index (χ0n) is 21.7. The molecule has 0 aliphatic carbocycles. The Labute approximate surface area is 237 Å². The number of carbonyl (C=O) groups excluding carboxylic acids is 2. The highest BCUT2D eigenvalue weighted by Gasteiger charge is 2.40. The Hall–Kier alpha value is -3.13. The first-order chi connectivity index (χ1) is 18.8. The monoisotopic (exact) mass is 569 g/mol. The van der Waals surface area contributed by atoms with E-state index in [1.54, 1.807) is 35.0 Å². The molecule has 2 aliphatic rings. The summed E-state index contributed by atoms with van der Waals surface area (Å²) < 4.78 is 18.8. The van der Waals surface area contributed by atoms with Crippen LogP contribution < -0.4 is 4.90 Å². The summed E-state index contributed by atoms with van der Waals surface area (Å²) in [6.07, 6.45) is 0.137. The molecular formula is C30H30Cl2FN3O3. The van der Waals surface area contributed by atoms with Gasteiger partial charge in [-0.05, 0) is 59.7 Å². The van der Waals surface area contributed by atoms with Crippen molar-refractivity contribution in [2.24, 2.45) is 0 Å². The van der Waals surface area contributed by atoms with Crippen LogP contribution in [-0.2, 0) is 16.0 Å². The molecule has 0 spiro atoms. The Morgan fingerprint density at radius 1 is 0.949 bits per heavy atom. The van der Waals surface area contributed by atoms with Crippen LogP contribution in [0.25, 0.3) is 0 Å². The highest BCUT2D eigenvalue weighted by molar-refractivity contribution is 6.42. The van der Waals surface area contributed by atoms with Crippen molar-refractivity contribution in [3.63, 3.8) is 0 Å². The van der Waals surface area contributed by atoms with Gasteiger partial charge < -0.3 is 19.4 Å². The van der Waals surface area contributed by atoms with Crippen molar-refractivity contribution in [2.75, 3.05) is 51.3 Å². The molecule has 0 saturated carbocycles. The molecule has 0 bridgehead atoms. The van der Waals surface area contributed by atoms with Gasteiger partial charge in [0.2, 0.25) is 5.91 Å². The lowest BCUT2D eigenvalue weighted by Gasteiger charge is -2.29. The van der Waals surface area contributed by atoms with Gasteiger partial charge in [-0.1, -0.05) is 41.4 Å². The Morgan fingerprint density at radius 3 is 2.31 bits per heavy atom. The molecule has 3 aromatic rings. The van der Waals surface area contributed by atoms with Gasteiger partial charge in [-0.15, -0.1) is 0 Å². The lowest BCUT2D eigenvalue weighted by atomic mass is 9.93. The van der Waals surface area contributed by atoms with Crippen LogP contribution in [0.3, 0.4) is 0 Å². The fraction of sp³-hybridized carbons (Fsp3) is 0.333. The Morgan fingerprint density at radius 2 is 1.64 bits per heavy atom. The number of amides is 2. The summed E-state index contributed by atoms with van der Waals surface area (Å²) in [5, 5.41) is 0.876. The zero-order valence-corrected chi connectivity index (χ0v) is 23.2. The number of halogens is 3. The summed E-state index contributed by atoms with van der Waals surface area (Å²) in [7, 11) is 1.76. The Balaban J connectivity index is 1.36. The molecule has 0 aromatic heterocycles. The second-order valence-corrected chi connectivity index (χ2v) is 10.8. The van der Waals surface area contributed by atoms with Crippen molar-refractivity contribution in [2.45, 2.75) is 18.4 Å². The van der Waals surface area contributed by atoms with E-state index in [0.29, 0.717) is 41.9 Å². The van der Waals surface area contributed by atoms with Crippen LogP contribution in [0, 0.1) is 5.82 Å². The van der Waals surface area contributed by atoms with Crippen molar-refractivity contribution in [1.29, 1.82) is 0 Å². The van der Waals surface area contributed by atoms with Gasteiger partial charge >= 0.3 is 0 Å². The van der Waals surface area contributed by atoms with Gasteiger partial charge in [0.1, 0.15) is 5.82 Å². The molecule has 2 aliphatic heterocycles. The van der Waals surface area contributed by atoms with Crippen LogP contribution >= 0.6 is 23.2 Å². The van der Waals surface area contributed by atoms with E-state index >= 15 is 0 Å². The van der Waals surface area contributed by atoms with Crippen molar-refractivity contribution in [3.05, 3.63) is 99.3 Å². The van der Waals surface area contributed by atoms with Crippen LogP contribution in [0.5, 0.6) is 0 Å². The molecule has 0 radical (unpaired) electrons. The van der Waals surface area contributed by atoms with Gasteiger partial charge in [-0.2, -0.15) is 0 Å². The molecule has 204 valence electrons. The number of ether oxygens (including phenoxy) is 1. The minimum Gasteiger partial charge on any atom is -0.378 e. The molecular weight excluding hydrogens is 540 g/mol. The average molecular weight is 570 g/mol. The van der Waals surface area contributed by atoms with Gasteiger partial charge in [-0.3, -0.25) is 9.59 Å². The van der Waals surface area contributed by atoms with Gasteiger partial charge in [-0.25, -0.2) is 4.39 Å². The second kappa shape index (κ2) is 11.9. The van der Waals surface area contributed by atoms with E-state index in [0.717, 1.165) is 29.9 Å². The predicted octanol–water partition coefficient (Wildman–Crippen LogP) is 5.28. The van der Waals surface area contributed by atoms with Crippen LogP contribution in [0.2, 0.25) is 10.0 Å². The maximum Gasteiger partial charge on any atom is 0.253 e. The first-order valence-corrected chi connectivity index (χ1v) is 13.7. The van der Waals surface area contributed by atoms with E-state index < -0.39 is 0 Å². The third-order valence-corrected chi connectivity index (χ3v) is 8.34. The maximum atomic E-state index is 13.6. The first kappa shape index (κ1) is 27.4. The molecule has 2 fully saturated rings. The second-order valence-electron chi connectivity index (χ2n) is 10.0. The molecule has 0 unspecified atom stereocenters. The van der Waals surface area contributed by atoms with Crippen molar-refractivity contribution < 1.29 is 18.7 Å². The van der Waals surface area contributed by atoms with Crippen molar-refractivity contribution >= 4 is 40.7 Å². The fourth-order valence-corrected chi connectivity index (χ4v) is 5.63. The lowest BCUT2D eigenvalue weighted by molar-refractivity contribution is -0.131. The SMILES string of the molecule is CN(C(=O)Cc1ccc(F)cc1)[C@H]1CN(C(=O)c2ccc(N3CCOCC3)cc2)C[C@@H]1c1ccc(Cl)c(Cl)c1. The maximum absolute atomic E-state index is 13.6. The summed E-state index contributed by atoms with van der Waals surface area (Å²) in [5.74, 6) is -0.697. The summed E-state index contributed by atoms with van der Waals surface area (Å²) in [6, 6.07) is 18.8. The summed E-state index contributed by atoms with van der Waals surface area (Å²) in [5.41, 5.74) is 3.30. The lowest BCUT2D eigenvalue weighted by Crippen LogP contribution is -2.42. The molecule has 2 amide bonds. The smallest absolute Gasteiger partial charge is 0.253 e. The van der Waals surface area contributed by atoms with E-state index in [1.807, 2.05) is 36.4 Å². The molecule has 2 heterocycles. The minimum atomic E-state index is -0.345. The predicted molar refractivity (Wildman–Crippen MR) is 151 cm³/mol. The van der Waals surface area contributed by atoms with E-state index in [1.165, 1.54) is 12.1 Å². The molecule has 9 heteroatoms. The van der Waals surface area contributed by atoms with Crippen molar-refractivity contribution in [3.8, 4) is 0 Å². The van der Waals surface area contributed by atoms with Gasteiger partial charge in [0.25, 0.3) is 5.91 Å². The molecule has 2 saturated heterocycles. The number of hydrogen-bond donors (Lipinski definition) is 0. The Bertz CT molecular complexity index is 1330. The average Bonchev–Trinajstić information content (AvgIpc) is 3.41. The Kier molecular flexibility index (Phi) is 8.40. The number of rotatable bonds is 6. The molecule has 5 rings (SSSR count). The van der Waals surface area contributed by atoms with Gasteiger partial charge in [0.15, 0.2) is 0 Å². The third-order valence-electron chi connectivity index (χ3n) is 7.60. The summed E-state index contributed by atoms with van der Waals surface area (Å²) in [4.78, 5) is 32.6. The van der Waals surface area contributed by atoms with Gasteiger partial charge in [0.05, 0.1) is 35.7 Å². The number of morpholine rings is 1. The highest BCUT2D eigenvalue weighted by atomic mass is 35.5. The molecule has 3 aromatic carbocycles. The van der Waals surface area contributed by atoms with Crippen LogP contribution in [0.4, 0.5) is 10.1 Å². The summed E-state index contributed by atoms with van der Waals surface area (Å²) >= 11 is 12.5. The highest BCUT2D eigenvalue weighted by Crippen LogP contribution is 2.35. The van der Waals surface area contributed by atoms with Crippen LogP contribution in [-0.4, -0.2) is 74.1 Å². The number of benzene rings is 3. The van der Waals surface area contributed by atoms with E-state index in [2.05, 4.69) is 4.90 Å². The normalized spacial score (nSPS) is 19.3. The number of likely N-dealkylation sites (N-methyl/N-ethyl adjacent to an activating group) is 1. The fourth-order valence-electron chi connectivity index (χ4n) is 5.32. The minimum absolute atomic E-state index is 0.0875. The summed E-state index contributed by atoms with van der Waals surface area (Å²) in [6.45, 7) is 3.84. The number of anilines is 1. The molecule has 0 N–H and O–H groups in total. The first-order valence-electron chi connectivity index (χ1n) is 13.0. The largest absolute Gasteiger partial charge is 0.378 e.